The average Bonchev–Trinajstić information content (AvgIpc) is 3.07. The summed E-state index contributed by atoms with van der Waals surface area (Å²) in [7, 11) is 0. The Balaban J connectivity index is 1.85. The number of benzene rings is 2. The van der Waals surface area contributed by atoms with E-state index in [4.69, 9.17) is 0 Å². The summed E-state index contributed by atoms with van der Waals surface area (Å²) in [6.07, 6.45) is 3.25. The van der Waals surface area contributed by atoms with E-state index < -0.39 is 0 Å². The smallest absolute Gasteiger partial charge is 0.227 e. The van der Waals surface area contributed by atoms with Crippen LogP contribution in [-0.4, -0.2) is 29.8 Å². The Morgan fingerprint density at radius 2 is 1.88 bits per heavy atom. The molecule has 26 heavy (non-hydrogen) atoms. The van der Waals surface area contributed by atoms with Crippen LogP contribution in [0.25, 0.3) is 11.1 Å². The van der Waals surface area contributed by atoms with Gasteiger partial charge in [0.25, 0.3) is 0 Å². The molecule has 2 aromatic carbocycles. The van der Waals surface area contributed by atoms with E-state index in [2.05, 4.69) is 55.6 Å². The Labute approximate surface area is 155 Å². The number of carbonyl (C=O) groups excluding carboxylic acids is 2. The van der Waals surface area contributed by atoms with Crippen LogP contribution in [0.3, 0.4) is 0 Å². The maximum Gasteiger partial charge on any atom is 0.227 e. The monoisotopic (exact) mass is 350 g/mol. The van der Waals surface area contributed by atoms with Crippen molar-refractivity contribution in [3.63, 3.8) is 0 Å². The highest BCUT2D eigenvalue weighted by Gasteiger charge is 2.25. The van der Waals surface area contributed by atoms with E-state index in [1.165, 1.54) is 5.56 Å². The lowest BCUT2D eigenvalue weighted by atomic mass is 9.96. The van der Waals surface area contributed by atoms with Gasteiger partial charge in [-0.1, -0.05) is 42.0 Å². The van der Waals surface area contributed by atoms with E-state index in [9.17, 15) is 9.59 Å². The Kier molecular flexibility index (Phi) is 5.71. The van der Waals surface area contributed by atoms with Crippen LogP contribution < -0.4 is 5.32 Å². The number of carbonyl (C=O) groups is 2. The lowest BCUT2D eigenvalue weighted by Crippen LogP contribution is -2.35. The summed E-state index contributed by atoms with van der Waals surface area (Å²) in [6, 6.07) is 14.9. The fourth-order valence-electron chi connectivity index (χ4n) is 3.61. The van der Waals surface area contributed by atoms with Gasteiger partial charge in [0.05, 0.1) is 6.42 Å². The van der Waals surface area contributed by atoms with E-state index in [1.807, 2.05) is 11.0 Å². The van der Waals surface area contributed by atoms with Crippen molar-refractivity contribution in [1.82, 2.24) is 10.2 Å². The number of nitrogens with one attached hydrogen (secondary N) is 1. The van der Waals surface area contributed by atoms with Crippen LogP contribution in [-0.2, 0) is 22.6 Å². The Morgan fingerprint density at radius 1 is 1.15 bits per heavy atom. The van der Waals surface area contributed by atoms with Crippen molar-refractivity contribution < 1.29 is 9.59 Å². The van der Waals surface area contributed by atoms with Gasteiger partial charge < -0.3 is 10.2 Å². The van der Waals surface area contributed by atoms with Gasteiger partial charge in [-0.15, -0.1) is 0 Å². The van der Waals surface area contributed by atoms with Crippen molar-refractivity contribution >= 4 is 12.3 Å². The van der Waals surface area contributed by atoms with Crippen molar-refractivity contribution in [2.75, 3.05) is 6.54 Å². The van der Waals surface area contributed by atoms with Gasteiger partial charge in [-0.3, -0.25) is 9.59 Å². The fourth-order valence-corrected chi connectivity index (χ4v) is 3.61. The Hall–Kier alpha value is -2.62. The molecule has 0 spiro atoms. The molecule has 3 rings (SSSR count). The molecule has 0 aliphatic carbocycles. The molecule has 4 heteroatoms. The summed E-state index contributed by atoms with van der Waals surface area (Å²) in [6.45, 7) is 5.46. The highest BCUT2D eigenvalue weighted by Crippen LogP contribution is 2.25. The summed E-state index contributed by atoms with van der Waals surface area (Å²) < 4.78 is 0. The molecule has 4 nitrogen and oxygen atoms in total. The standard InChI is InChI=1S/C22H26N2O2/c1-16-5-7-18(8-6-16)19-9-10-20(21(12-19)14-23-15-25)13-22(26)24-11-3-4-17(24)2/h5-10,12,15,17H,3-4,11,13-14H2,1-2H3,(H,23,25). The Morgan fingerprint density at radius 3 is 2.54 bits per heavy atom. The van der Waals surface area contributed by atoms with Crippen molar-refractivity contribution in [1.29, 1.82) is 0 Å². The van der Waals surface area contributed by atoms with Gasteiger partial charge in [-0.05, 0) is 55.0 Å². The first-order valence-corrected chi connectivity index (χ1v) is 9.24. The van der Waals surface area contributed by atoms with Crippen molar-refractivity contribution in [2.24, 2.45) is 0 Å². The number of rotatable bonds is 6. The quantitative estimate of drug-likeness (QED) is 0.811. The van der Waals surface area contributed by atoms with Gasteiger partial charge in [0, 0.05) is 19.1 Å². The first-order chi connectivity index (χ1) is 12.6. The highest BCUT2D eigenvalue weighted by atomic mass is 16.2. The molecule has 1 aliphatic rings. The molecule has 0 bridgehead atoms. The molecule has 2 amide bonds. The highest BCUT2D eigenvalue weighted by molar-refractivity contribution is 5.80. The predicted molar refractivity (Wildman–Crippen MR) is 104 cm³/mol. The lowest BCUT2D eigenvalue weighted by molar-refractivity contribution is -0.131. The van der Waals surface area contributed by atoms with Crippen LogP contribution in [0.4, 0.5) is 0 Å². The van der Waals surface area contributed by atoms with E-state index in [0.29, 0.717) is 25.4 Å². The second-order valence-corrected chi connectivity index (χ2v) is 7.10. The SMILES string of the molecule is Cc1ccc(-c2ccc(CC(=O)N3CCCC3C)c(CNC=O)c2)cc1. The van der Waals surface area contributed by atoms with Crippen molar-refractivity contribution in [2.45, 2.75) is 45.7 Å². The third kappa shape index (κ3) is 4.13. The van der Waals surface area contributed by atoms with Gasteiger partial charge in [0.1, 0.15) is 0 Å². The molecule has 0 saturated carbocycles. The number of hydrogen-bond acceptors (Lipinski definition) is 2. The number of nitrogens with zero attached hydrogens (tertiary/aromatic N) is 1. The number of aryl methyl sites for hydroxylation is 1. The molecular formula is C22H26N2O2. The maximum absolute atomic E-state index is 12.7. The number of amides is 2. The zero-order valence-electron chi connectivity index (χ0n) is 15.5. The zero-order chi connectivity index (χ0) is 18.5. The third-order valence-corrected chi connectivity index (χ3v) is 5.18. The van der Waals surface area contributed by atoms with Crippen molar-refractivity contribution in [3.05, 3.63) is 59.2 Å². The molecule has 1 unspecified atom stereocenters. The minimum atomic E-state index is 0.172. The fraction of sp³-hybridized carbons (Fsp3) is 0.364. The molecule has 1 N–H and O–H groups in total. The summed E-state index contributed by atoms with van der Waals surface area (Å²) in [5.41, 5.74) is 5.43. The molecule has 136 valence electrons. The molecule has 1 fully saturated rings. The van der Waals surface area contributed by atoms with Crippen LogP contribution in [0.2, 0.25) is 0 Å². The number of likely N-dealkylation sites (tertiary alicyclic amines) is 1. The Bertz CT molecular complexity index is 783. The normalized spacial score (nSPS) is 16.5. The van der Waals surface area contributed by atoms with Crippen LogP contribution in [0.1, 0.15) is 36.5 Å². The topological polar surface area (TPSA) is 49.4 Å². The predicted octanol–water partition coefficient (Wildman–Crippen LogP) is 3.46. The average molecular weight is 350 g/mol. The van der Waals surface area contributed by atoms with E-state index in [-0.39, 0.29) is 5.91 Å². The van der Waals surface area contributed by atoms with Gasteiger partial charge >= 0.3 is 0 Å². The molecule has 1 atom stereocenters. The molecule has 0 radical (unpaired) electrons. The largest absolute Gasteiger partial charge is 0.355 e. The molecule has 1 saturated heterocycles. The second-order valence-electron chi connectivity index (χ2n) is 7.10. The summed E-state index contributed by atoms with van der Waals surface area (Å²) in [4.78, 5) is 25.4. The molecule has 2 aromatic rings. The summed E-state index contributed by atoms with van der Waals surface area (Å²) in [5.74, 6) is 0.172. The molecule has 1 heterocycles. The maximum atomic E-state index is 12.7. The van der Waals surface area contributed by atoms with Crippen LogP contribution in [0.5, 0.6) is 0 Å². The van der Waals surface area contributed by atoms with Gasteiger partial charge in [0.2, 0.25) is 12.3 Å². The molecule has 1 aliphatic heterocycles. The first kappa shape index (κ1) is 18.2. The van der Waals surface area contributed by atoms with E-state index in [1.54, 1.807) is 0 Å². The molecular weight excluding hydrogens is 324 g/mol. The third-order valence-electron chi connectivity index (χ3n) is 5.18. The zero-order valence-corrected chi connectivity index (χ0v) is 15.5. The van der Waals surface area contributed by atoms with E-state index >= 15 is 0 Å². The number of hydrogen-bond donors (Lipinski definition) is 1. The lowest BCUT2D eigenvalue weighted by Gasteiger charge is -2.22. The first-order valence-electron chi connectivity index (χ1n) is 9.24. The minimum Gasteiger partial charge on any atom is -0.355 e. The van der Waals surface area contributed by atoms with Gasteiger partial charge in [-0.25, -0.2) is 0 Å². The van der Waals surface area contributed by atoms with Crippen LogP contribution >= 0.6 is 0 Å². The summed E-state index contributed by atoms with van der Waals surface area (Å²) in [5, 5.41) is 2.74. The van der Waals surface area contributed by atoms with E-state index in [0.717, 1.165) is 41.6 Å². The van der Waals surface area contributed by atoms with Crippen LogP contribution in [0.15, 0.2) is 42.5 Å². The second kappa shape index (κ2) is 8.17. The molecule has 0 aromatic heterocycles. The summed E-state index contributed by atoms with van der Waals surface area (Å²) >= 11 is 0. The van der Waals surface area contributed by atoms with Crippen LogP contribution in [0, 0.1) is 6.92 Å². The van der Waals surface area contributed by atoms with Crippen molar-refractivity contribution in [3.8, 4) is 11.1 Å². The van der Waals surface area contributed by atoms with Gasteiger partial charge in [0.15, 0.2) is 0 Å². The minimum absolute atomic E-state index is 0.172. The van der Waals surface area contributed by atoms with Gasteiger partial charge in [-0.2, -0.15) is 0 Å².